The second kappa shape index (κ2) is 9.95. The molecule has 0 bridgehead atoms. The summed E-state index contributed by atoms with van der Waals surface area (Å²) >= 11 is 0. The van der Waals surface area contributed by atoms with E-state index in [9.17, 15) is 14.7 Å². The molecule has 0 radical (unpaired) electrons. The Bertz CT molecular complexity index is 1600. The molecular formula is C29H27N5O4. The lowest BCUT2D eigenvalue weighted by atomic mass is 10.1. The Balaban J connectivity index is 1.48. The van der Waals surface area contributed by atoms with Gasteiger partial charge < -0.3 is 19.0 Å². The molecule has 2 heterocycles. The normalized spacial score (nSPS) is 11.5. The quantitative estimate of drug-likeness (QED) is 0.320. The molecule has 0 spiro atoms. The number of nitrogens with one attached hydrogen (secondary N) is 1. The molecule has 0 saturated heterocycles. The molecule has 38 heavy (non-hydrogen) atoms. The van der Waals surface area contributed by atoms with Gasteiger partial charge in [-0.2, -0.15) is 0 Å². The molecule has 2 N–H and O–H groups in total. The maximum absolute atomic E-state index is 13.2. The summed E-state index contributed by atoms with van der Waals surface area (Å²) < 4.78 is 7.11. The zero-order valence-corrected chi connectivity index (χ0v) is 21.3. The number of hydrogen-bond donors (Lipinski definition) is 2. The number of nitrogens with zero attached hydrogens (tertiary/aromatic N) is 4. The number of aromatic nitrogens is 3. The summed E-state index contributed by atoms with van der Waals surface area (Å²) in [5.74, 6) is 0.318. The third-order valence-corrected chi connectivity index (χ3v) is 6.06. The van der Waals surface area contributed by atoms with Gasteiger partial charge in [0, 0.05) is 29.4 Å². The van der Waals surface area contributed by atoms with E-state index in [2.05, 4.69) is 15.3 Å². The predicted octanol–water partition coefficient (Wildman–Crippen LogP) is 4.99. The lowest BCUT2D eigenvalue weighted by Crippen LogP contribution is -2.28. The zero-order chi connectivity index (χ0) is 26.9. The highest BCUT2D eigenvalue weighted by molar-refractivity contribution is 6.07. The minimum atomic E-state index is -1.07. The molecule has 0 fully saturated rings. The number of imidazole rings is 1. The van der Waals surface area contributed by atoms with Crippen LogP contribution >= 0.6 is 0 Å². The van der Waals surface area contributed by atoms with E-state index in [-0.39, 0.29) is 24.3 Å². The third-order valence-electron chi connectivity index (χ3n) is 6.06. The van der Waals surface area contributed by atoms with E-state index < -0.39 is 5.60 Å². The Morgan fingerprint density at radius 2 is 1.79 bits per heavy atom. The van der Waals surface area contributed by atoms with Crippen LogP contribution in [0.25, 0.3) is 22.4 Å². The van der Waals surface area contributed by atoms with Crippen LogP contribution in [0.15, 0.2) is 89.8 Å². The second-order valence-electron chi connectivity index (χ2n) is 9.64. The van der Waals surface area contributed by atoms with Crippen molar-refractivity contribution in [1.29, 1.82) is 0 Å². The molecule has 5 rings (SSSR count). The number of anilines is 2. The smallest absolute Gasteiger partial charge is 0.258 e. The number of rotatable bonds is 7. The van der Waals surface area contributed by atoms with Crippen molar-refractivity contribution in [2.75, 3.05) is 17.3 Å². The highest BCUT2D eigenvalue weighted by atomic mass is 16.3. The van der Waals surface area contributed by atoms with E-state index in [1.54, 1.807) is 73.0 Å². The van der Waals surface area contributed by atoms with Crippen molar-refractivity contribution >= 4 is 34.5 Å². The van der Waals surface area contributed by atoms with Gasteiger partial charge in [0.15, 0.2) is 12.2 Å². The van der Waals surface area contributed by atoms with Crippen molar-refractivity contribution < 1.29 is 19.1 Å². The number of oxazole rings is 1. The van der Waals surface area contributed by atoms with E-state index in [4.69, 9.17) is 4.42 Å². The fraction of sp³-hybridized carbons (Fsp3) is 0.172. The molecule has 0 atom stereocenters. The first-order valence-electron chi connectivity index (χ1n) is 12.1. The molecule has 2 amide bonds. The molecule has 0 saturated carbocycles. The first-order chi connectivity index (χ1) is 18.2. The van der Waals surface area contributed by atoms with E-state index in [1.807, 2.05) is 36.4 Å². The molecule has 2 aromatic heterocycles. The van der Waals surface area contributed by atoms with Crippen LogP contribution in [0.4, 0.5) is 11.6 Å². The summed E-state index contributed by atoms with van der Waals surface area (Å²) in [6, 6.07) is 21.5. The van der Waals surface area contributed by atoms with E-state index in [1.165, 1.54) is 6.39 Å². The summed E-state index contributed by atoms with van der Waals surface area (Å²) in [5, 5.41) is 13.5. The van der Waals surface area contributed by atoms with Crippen molar-refractivity contribution in [2.24, 2.45) is 0 Å². The molecular weight excluding hydrogens is 482 g/mol. The summed E-state index contributed by atoms with van der Waals surface area (Å²) in [6.45, 7) is 3.56. The Kier molecular flexibility index (Phi) is 6.52. The Hall–Kier alpha value is -4.76. The average Bonchev–Trinajstić information content (AvgIpc) is 3.56. The first kappa shape index (κ1) is 24.9. The lowest BCUT2D eigenvalue weighted by Gasteiger charge is -2.20. The third kappa shape index (κ3) is 5.18. The molecule has 0 aliphatic heterocycles. The van der Waals surface area contributed by atoms with E-state index in [0.717, 1.165) is 5.56 Å². The van der Waals surface area contributed by atoms with Crippen molar-refractivity contribution in [3.05, 3.63) is 96.5 Å². The molecule has 3 aromatic carbocycles. The van der Waals surface area contributed by atoms with Gasteiger partial charge in [0.1, 0.15) is 0 Å². The van der Waals surface area contributed by atoms with Gasteiger partial charge in [0.2, 0.25) is 5.95 Å². The zero-order valence-electron chi connectivity index (χ0n) is 21.3. The van der Waals surface area contributed by atoms with Gasteiger partial charge in [0.05, 0.1) is 29.4 Å². The first-order valence-corrected chi connectivity index (χ1v) is 12.1. The highest BCUT2D eigenvalue weighted by Crippen LogP contribution is 2.28. The van der Waals surface area contributed by atoms with Gasteiger partial charge in [-0.15, -0.1) is 0 Å². The summed E-state index contributed by atoms with van der Waals surface area (Å²) in [6.07, 6.45) is 2.91. The maximum Gasteiger partial charge on any atom is 0.258 e. The summed E-state index contributed by atoms with van der Waals surface area (Å²) in [4.78, 5) is 36.3. The standard InChI is InChI=1S/C29H27N5O4/c1-29(2,37)17-34-24-13-12-22(33(3)27(36)19-8-5-4-6-9-19)15-23(24)31-28(34)32-26(35)21-11-7-10-20(14-21)25-16-30-18-38-25/h4-16,18,37H,17H2,1-3H3,(H,31,32,35). The largest absolute Gasteiger partial charge is 0.444 e. The summed E-state index contributed by atoms with van der Waals surface area (Å²) in [5.41, 5.74) is 2.57. The number of fused-ring (bicyclic) bond motifs is 1. The minimum absolute atomic E-state index is 0.152. The fourth-order valence-corrected chi connectivity index (χ4v) is 4.21. The number of aliphatic hydroxyl groups is 1. The molecule has 0 aliphatic rings. The topological polar surface area (TPSA) is 113 Å². The molecule has 0 aliphatic carbocycles. The van der Waals surface area contributed by atoms with Crippen LogP contribution in [0.2, 0.25) is 0 Å². The number of carbonyl (C=O) groups excluding carboxylic acids is 2. The van der Waals surface area contributed by atoms with Gasteiger partial charge in [-0.25, -0.2) is 9.97 Å². The SMILES string of the molecule is CN(C(=O)c1ccccc1)c1ccc2c(c1)nc(NC(=O)c1cccc(-c3cnco3)c1)n2CC(C)(C)O. The number of carbonyl (C=O) groups is 2. The van der Waals surface area contributed by atoms with Crippen LogP contribution in [0, 0.1) is 0 Å². The van der Waals surface area contributed by atoms with Crippen LogP contribution < -0.4 is 10.2 Å². The van der Waals surface area contributed by atoms with Gasteiger partial charge in [-0.3, -0.25) is 14.9 Å². The van der Waals surface area contributed by atoms with Crippen LogP contribution in [-0.2, 0) is 6.54 Å². The molecule has 9 heteroatoms. The minimum Gasteiger partial charge on any atom is -0.444 e. The fourth-order valence-electron chi connectivity index (χ4n) is 4.21. The summed E-state index contributed by atoms with van der Waals surface area (Å²) in [7, 11) is 1.70. The number of benzene rings is 3. The molecule has 192 valence electrons. The van der Waals surface area contributed by atoms with Crippen molar-refractivity contribution in [3.8, 4) is 11.3 Å². The van der Waals surface area contributed by atoms with Crippen LogP contribution in [0.5, 0.6) is 0 Å². The van der Waals surface area contributed by atoms with E-state index >= 15 is 0 Å². The Labute approximate surface area is 219 Å². The molecule has 0 unspecified atom stereocenters. The maximum atomic E-state index is 13.2. The Morgan fingerprint density at radius 3 is 2.50 bits per heavy atom. The highest BCUT2D eigenvalue weighted by Gasteiger charge is 2.22. The Morgan fingerprint density at radius 1 is 1.03 bits per heavy atom. The number of amides is 2. The predicted molar refractivity (Wildman–Crippen MR) is 145 cm³/mol. The van der Waals surface area contributed by atoms with Gasteiger partial charge in [-0.1, -0.05) is 30.3 Å². The van der Waals surface area contributed by atoms with Crippen molar-refractivity contribution in [3.63, 3.8) is 0 Å². The van der Waals surface area contributed by atoms with Crippen molar-refractivity contribution in [2.45, 2.75) is 26.0 Å². The average molecular weight is 510 g/mol. The van der Waals surface area contributed by atoms with Gasteiger partial charge >= 0.3 is 0 Å². The van der Waals surface area contributed by atoms with Gasteiger partial charge in [-0.05, 0) is 56.3 Å². The van der Waals surface area contributed by atoms with Crippen LogP contribution in [0.1, 0.15) is 34.6 Å². The lowest BCUT2D eigenvalue weighted by molar-refractivity contribution is 0.0630. The monoisotopic (exact) mass is 509 g/mol. The van der Waals surface area contributed by atoms with Crippen LogP contribution in [-0.4, -0.2) is 44.1 Å². The second-order valence-corrected chi connectivity index (χ2v) is 9.64. The van der Waals surface area contributed by atoms with Gasteiger partial charge in [0.25, 0.3) is 11.8 Å². The van der Waals surface area contributed by atoms with Crippen LogP contribution in [0.3, 0.4) is 0 Å². The van der Waals surface area contributed by atoms with E-state index in [0.29, 0.717) is 33.6 Å². The van der Waals surface area contributed by atoms with Crippen molar-refractivity contribution in [1.82, 2.24) is 14.5 Å². The molecule has 5 aromatic rings. The molecule has 9 nitrogen and oxygen atoms in total. The number of hydrogen-bond acceptors (Lipinski definition) is 6.